The average molecular weight is 314 g/mol. The summed E-state index contributed by atoms with van der Waals surface area (Å²) >= 11 is 6.27. The lowest BCUT2D eigenvalue weighted by atomic mass is 9.98. The van der Waals surface area contributed by atoms with Gasteiger partial charge in [0.2, 0.25) is 0 Å². The van der Waals surface area contributed by atoms with Crippen LogP contribution in [0.2, 0.25) is 5.02 Å². The number of hydrogen-bond donors (Lipinski definition) is 1. The Hall–Kier alpha value is -0.650. The van der Waals surface area contributed by atoms with Gasteiger partial charge in [-0.05, 0) is 19.9 Å². The molecule has 1 atom stereocenters. The fraction of sp³-hybridized carbons (Fsp3) is 0.625. The lowest BCUT2D eigenvalue weighted by Gasteiger charge is -2.45. The van der Waals surface area contributed by atoms with Crippen molar-refractivity contribution in [2.45, 2.75) is 25.5 Å². The second-order valence-corrected chi connectivity index (χ2v) is 6.32. The van der Waals surface area contributed by atoms with Crippen molar-refractivity contribution in [2.75, 3.05) is 39.5 Å². The summed E-state index contributed by atoms with van der Waals surface area (Å²) in [6, 6.07) is 7.83. The number of benzene rings is 1. The molecular formula is C16H24ClNO3. The lowest BCUT2D eigenvalue weighted by molar-refractivity contribution is -0.107. The van der Waals surface area contributed by atoms with Crippen molar-refractivity contribution in [1.29, 1.82) is 0 Å². The molecule has 0 aromatic heterocycles. The van der Waals surface area contributed by atoms with Crippen LogP contribution in [0.4, 0.5) is 0 Å². The zero-order valence-electron chi connectivity index (χ0n) is 12.7. The van der Waals surface area contributed by atoms with Crippen molar-refractivity contribution < 1.29 is 14.6 Å². The predicted octanol–water partition coefficient (Wildman–Crippen LogP) is 2.50. The summed E-state index contributed by atoms with van der Waals surface area (Å²) in [6.45, 7) is 7.66. The summed E-state index contributed by atoms with van der Waals surface area (Å²) in [4.78, 5) is 2.36. The molecule has 21 heavy (non-hydrogen) atoms. The Morgan fingerprint density at radius 2 is 2.14 bits per heavy atom. The lowest BCUT2D eigenvalue weighted by Crippen LogP contribution is -2.54. The first-order valence-electron chi connectivity index (χ1n) is 7.34. The summed E-state index contributed by atoms with van der Waals surface area (Å²) < 4.78 is 11.4. The molecule has 1 aromatic rings. The highest BCUT2D eigenvalue weighted by Gasteiger charge is 2.35. The van der Waals surface area contributed by atoms with Crippen molar-refractivity contribution in [3.05, 3.63) is 34.9 Å². The van der Waals surface area contributed by atoms with Gasteiger partial charge in [0, 0.05) is 29.2 Å². The molecule has 0 aliphatic carbocycles. The van der Waals surface area contributed by atoms with Crippen molar-refractivity contribution in [3.63, 3.8) is 0 Å². The Morgan fingerprint density at radius 3 is 2.86 bits per heavy atom. The highest BCUT2D eigenvalue weighted by atomic mass is 35.5. The van der Waals surface area contributed by atoms with Gasteiger partial charge in [-0.15, -0.1) is 0 Å². The minimum atomic E-state index is -0.0274. The van der Waals surface area contributed by atoms with E-state index in [1.165, 1.54) is 0 Å². The number of halogens is 1. The Kier molecular flexibility index (Phi) is 6.02. The van der Waals surface area contributed by atoms with Crippen LogP contribution in [0.3, 0.4) is 0 Å². The fourth-order valence-corrected chi connectivity index (χ4v) is 2.81. The highest BCUT2D eigenvalue weighted by molar-refractivity contribution is 6.31. The van der Waals surface area contributed by atoms with E-state index in [9.17, 15) is 0 Å². The molecule has 0 amide bonds. The standard InChI is InChI=1S/C16H24ClNO3/c1-16(2)12-21-15(13-5-3-4-6-14(13)17)11-18(16)7-9-20-10-8-19/h3-6,15,19H,7-12H2,1-2H3. The summed E-state index contributed by atoms with van der Waals surface area (Å²) in [6.07, 6.45) is -0.00966. The van der Waals surface area contributed by atoms with E-state index in [1.54, 1.807) is 0 Å². The van der Waals surface area contributed by atoms with E-state index in [0.29, 0.717) is 19.8 Å². The first kappa shape index (κ1) is 16.7. The molecule has 0 radical (unpaired) electrons. The average Bonchev–Trinajstić information content (AvgIpc) is 2.46. The second-order valence-electron chi connectivity index (χ2n) is 5.92. The van der Waals surface area contributed by atoms with Crippen molar-refractivity contribution in [1.82, 2.24) is 4.90 Å². The van der Waals surface area contributed by atoms with E-state index in [-0.39, 0.29) is 18.2 Å². The SMILES string of the molecule is CC1(C)COC(c2ccccc2Cl)CN1CCOCCO. The van der Waals surface area contributed by atoms with Gasteiger partial charge < -0.3 is 14.6 Å². The molecule has 5 heteroatoms. The predicted molar refractivity (Wildman–Crippen MR) is 83.7 cm³/mol. The highest BCUT2D eigenvalue weighted by Crippen LogP contribution is 2.33. The van der Waals surface area contributed by atoms with Crippen LogP contribution in [-0.2, 0) is 9.47 Å². The van der Waals surface area contributed by atoms with Crippen LogP contribution in [0.5, 0.6) is 0 Å². The van der Waals surface area contributed by atoms with Crippen LogP contribution in [0.25, 0.3) is 0 Å². The number of nitrogens with zero attached hydrogens (tertiary/aromatic N) is 1. The number of ether oxygens (including phenoxy) is 2. The summed E-state index contributed by atoms with van der Waals surface area (Å²) in [7, 11) is 0. The third kappa shape index (κ3) is 4.41. The molecule has 1 fully saturated rings. The molecule has 2 rings (SSSR count). The van der Waals surface area contributed by atoms with E-state index < -0.39 is 0 Å². The Labute approximate surface area is 131 Å². The van der Waals surface area contributed by atoms with Crippen molar-refractivity contribution in [2.24, 2.45) is 0 Å². The van der Waals surface area contributed by atoms with Crippen LogP contribution in [-0.4, -0.2) is 55.1 Å². The molecule has 0 saturated carbocycles. The minimum absolute atomic E-state index is 0.00966. The van der Waals surface area contributed by atoms with Gasteiger partial charge in [-0.3, -0.25) is 4.90 Å². The number of aliphatic hydroxyl groups excluding tert-OH is 1. The molecule has 0 spiro atoms. The molecule has 1 aromatic carbocycles. The zero-order valence-corrected chi connectivity index (χ0v) is 13.5. The quantitative estimate of drug-likeness (QED) is 0.819. The zero-order chi connectivity index (χ0) is 15.3. The molecular weight excluding hydrogens is 290 g/mol. The van der Waals surface area contributed by atoms with Crippen LogP contribution in [0, 0.1) is 0 Å². The van der Waals surface area contributed by atoms with Crippen LogP contribution < -0.4 is 0 Å². The van der Waals surface area contributed by atoms with Crippen molar-refractivity contribution in [3.8, 4) is 0 Å². The van der Waals surface area contributed by atoms with Gasteiger partial charge in [-0.2, -0.15) is 0 Å². The normalized spacial score (nSPS) is 22.4. The Bertz CT molecular complexity index is 453. The molecule has 0 bridgehead atoms. The third-order valence-electron chi connectivity index (χ3n) is 3.87. The van der Waals surface area contributed by atoms with Gasteiger partial charge in [0.05, 0.1) is 32.5 Å². The first-order valence-corrected chi connectivity index (χ1v) is 7.72. The minimum Gasteiger partial charge on any atom is -0.394 e. The van der Waals surface area contributed by atoms with Gasteiger partial charge in [-0.1, -0.05) is 29.8 Å². The third-order valence-corrected chi connectivity index (χ3v) is 4.22. The Balaban J connectivity index is 2.00. The maximum absolute atomic E-state index is 8.75. The van der Waals surface area contributed by atoms with Gasteiger partial charge in [0.1, 0.15) is 0 Å². The van der Waals surface area contributed by atoms with E-state index in [1.807, 2.05) is 24.3 Å². The smallest absolute Gasteiger partial charge is 0.0967 e. The largest absolute Gasteiger partial charge is 0.394 e. The van der Waals surface area contributed by atoms with Crippen LogP contribution >= 0.6 is 11.6 Å². The number of hydrogen-bond acceptors (Lipinski definition) is 4. The molecule has 1 unspecified atom stereocenters. The number of aliphatic hydroxyl groups is 1. The fourth-order valence-electron chi connectivity index (χ4n) is 2.56. The van der Waals surface area contributed by atoms with Gasteiger partial charge in [0.25, 0.3) is 0 Å². The molecule has 1 aliphatic rings. The Morgan fingerprint density at radius 1 is 1.38 bits per heavy atom. The number of rotatable bonds is 6. The number of morpholine rings is 1. The molecule has 1 N–H and O–H groups in total. The van der Waals surface area contributed by atoms with Crippen molar-refractivity contribution >= 4 is 11.6 Å². The van der Waals surface area contributed by atoms with E-state index in [4.69, 9.17) is 26.2 Å². The maximum Gasteiger partial charge on any atom is 0.0967 e. The van der Waals surface area contributed by atoms with E-state index >= 15 is 0 Å². The monoisotopic (exact) mass is 313 g/mol. The molecule has 1 heterocycles. The summed E-state index contributed by atoms with van der Waals surface area (Å²) in [5.41, 5.74) is 1.01. The van der Waals surface area contributed by atoms with E-state index in [0.717, 1.165) is 23.7 Å². The van der Waals surface area contributed by atoms with E-state index in [2.05, 4.69) is 18.7 Å². The van der Waals surface area contributed by atoms with Crippen LogP contribution in [0.15, 0.2) is 24.3 Å². The summed E-state index contributed by atoms with van der Waals surface area (Å²) in [5.74, 6) is 0. The molecule has 4 nitrogen and oxygen atoms in total. The summed E-state index contributed by atoms with van der Waals surface area (Å²) in [5, 5.41) is 9.50. The van der Waals surface area contributed by atoms with Gasteiger partial charge >= 0.3 is 0 Å². The van der Waals surface area contributed by atoms with Gasteiger partial charge in [-0.25, -0.2) is 0 Å². The maximum atomic E-state index is 8.75. The molecule has 1 aliphatic heterocycles. The first-order chi connectivity index (χ1) is 10.0. The van der Waals surface area contributed by atoms with Crippen LogP contribution in [0.1, 0.15) is 25.5 Å². The topological polar surface area (TPSA) is 41.9 Å². The second kappa shape index (κ2) is 7.56. The molecule has 1 saturated heterocycles. The molecule has 118 valence electrons. The van der Waals surface area contributed by atoms with Gasteiger partial charge in [0.15, 0.2) is 0 Å².